The molecule has 0 radical (unpaired) electrons. The smallest absolute Gasteiger partial charge is 0.309 e. The van der Waals surface area contributed by atoms with Gasteiger partial charge in [0.15, 0.2) is 0 Å². The third-order valence-electron chi connectivity index (χ3n) is 4.12. The number of esters is 3. The largest absolute Gasteiger partial charge is 0.469 e. The third-order valence-corrected chi connectivity index (χ3v) is 4.12. The van der Waals surface area contributed by atoms with Gasteiger partial charge in [0.1, 0.15) is 0 Å². The van der Waals surface area contributed by atoms with E-state index >= 15 is 0 Å². The first-order chi connectivity index (χ1) is 12.0. The quantitative estimate of drug-likeness (QED) is 0.218. The Morgan fingerprint density at radius 2 is 1.60 bits per heavy atom. The Balaban J connectivity index is 4.53. The second kappa shape index (κ2) is 14.5. The van der Waals surface area contributed by atoms with Gasteiger partial charge < -0.3 is 14.2 Å². The van der Waals surface area contributed by atoms with E-state index in [-0.39, 0.29) is 24.3 Å². The Morgan fingerprint density at radius 1 is 0.920 bits per heavy atom. The van der Waals surface area contributed by atoms with Crippen molar-refractivity contribution in [3.8, 4) is 0 Å². The molecule has 0 bridgehead atoms. The number of carbonyl (C=O) groups excluding carboxylic acids is 3. The SMILES string of the molecule is CCCC(/C=C/CCCCCC(=O)OC)C(CC(=O)OC)C(=O)OC. The predicted molar refractivity (Wildman–Crippen MR) is 94.8 cm³/mol. The zero-order chi connectivity index (χ0) is 19.1. The van der Waals surface area contributed by atoms with Crippen molar-refractivity contribution in [2.24, 2.45) is 11.8 Å². The van der Waals surface area contributed by atoms with Crippen molar-refractivity contribution in [1.29, 1.82) is 0 Å². The van der Waals surface area contributed by atoms with Gasteiger partial charge in [-0.05, 0) is 31.6 Å². The molecular formula is C19H32O6. The van der Waals surface area contributed by atoms with E-state index in [4.69, 9.17) is 9.47 Å². The van der Waals surface area contributed by atoms with Gasteiger partial charge in [-0.25, -0.2) is 0 Å². The van der Waals surface area contributed by atoms with Crippen molar-refractivity contribution >= 4 is 17.9 Å². The minimum atomic E-state index is -0.520. The van der Waals surface area contributed by atoms with Gasteiger partial charge in [0.2, 0.25) is 0 Å². The Morgan fingerprint density at radius 3 is 2.16 bits per heavy atom. The molecule has 2 unspecified atom stereocenters. The van der Waals surface area contributed by atoms with Gasteiger partial charge in [-0.15, -0.1) is 0 Å². The van der Waals surface area contributed by atoms with Crippen LogP contribution < -0.4 is 0 Å². The van der Waals surface area contributed by atoms with E-state index in [1.807, 2.05) is 19.1 Å². The van der Waals surface area contributed by atoms with E-state index in [2.05, 4.69) is 4.74 Å². The van der Waals surface area contributed by atoms with E-state index in [0.29, 0.717) is 6.42 Å². The first-order valence-corrected chi connectivity index (χ1v) is 8.88. The van der Waals surface area contributed by atoms with E-state index < -0.39 is 11.9 Å². The maximum Gasteiger partial charge on any atom is 0.309 e. The average Bonchev–Trinajstić information content (AvgIpc) is 2.63. The monoisotopic (exact) mass is 356 g/mol. The molecule has 0 amide bonds. The number of rotatable bonds is 13. The van der Waals surface area contributed by atoms with Crippen LogP contribution in [0.15, 0.2) is 12.2 Å². The van der Waals surface area contributed by atoms with Crippen LogP contribution in [0.3, 0.4) is 0 Å². The number of ether oxygens (including phenoxy) is 3. The van der Waals surface area contributed by atoms with Crippen molar-refractivity contribution < 1.29 is 28.6 Å². The Bertz CT molecular complexity index is 430. The summed E-state index contributed by atoms with van der Waals surface area (Å²) >= 11 is 0. The summed E-state index contributed by atoms with van der Waals surface area (Å²) in [7, 11) is 4.04. The predicted octanol–water partition coefficient (Wildman–Crippen LogP) is 3.43. The molecule has 6 heteroatoms. The number of carbonyl (C=O) groups is 3. The highest BCUT2D eigenvalue weighted by Crippen LogP contribution is 2.25. The normalized spacial score (nSPS) is 13.3. The fourth-order valence-electron chi connectivity index (χ4n) is 2.67. The molecule has 0 fully saturated rings. The first-order valence-electron chi connectivity index (χ1n) is 8.88. The van der Waals surface area contributed by atoms with Crippen molar-refractivity contribution in [2.75, 3.05) is 21.3 Å². The van der Waals surface area contributed by atoms with Crippen LogP contribution in [0.2, 0.25) is 0 Å². The summed E-state index contributed by atoms with van der Waals surface area (Å²) < 4.78 is 14.1. The Kier molecular flexibility index (Phi) is 13.4. The highest BCUT2D eigenvalue weighted by Gasteiger charge is 2.29. The second-order valence-corrected chi connectivity index (χ2v) is 5.97. The lowest BCUT2D eigenvalue weighted by Crippen LogP contribution is -2.27. The van der Waals surface area contributed by atoms with Crippen molar-refractivity contribution in [2.45, 2.75) is 58.3 Å². The number of unbranched alkanes of at least 4 members (excludes halogenated alkanes) is 3. The van der Waals surface area contributed by atoms with E-state index in [1.54, 1.807) is 0 Å². The number of hydrogen-bond donors (Lipinski definition) is 0. The minimum Gasteiger partial charge on any atom is -0.469 e. The lowest BCUT2D eigenvalue weighted by atomic mass is 9.85. The van der Waals surface area contributed by atoms with Gasteiger partial charge in [0.25, 0.3) is 0 Å². The minimum absolute atomic E-state index is 0.0251. The summed E-state index contributed by atoms with van der Waals surface area (Å²) in [6, 6.07) is 0. The van der Waals surface area contributed by atoms with Crippen LogP contribution in [0.4, 0.5) is 0 Å². The van der Waals surface area contributed by atoms with Crippen LogP contribution in [0, 0.1) is 11.8 Å². The van der Waals surface area contributed by atoms with Gasteiger partial charge in [-0.1, -0.05) is 31.9 Å². The molecule has 144 valence electrons. The summed E-state index contributed by atoms with van der Waals surface area (Å²) in [5, 5.41) is 0. The first kappa shape index (κ1) is 23.1. The molecule has 0 N–H and O–H groups in total. The summed E-state index contributed by atoms with van der Waals surface area (Å²) in [4.78, 5) is 34.7. The molecule has 6 nitrogen and oxygen atoms in total. The van der Waals surface area contributed by atoms with Crippen molar-refractivity contribution in [3.05, 3.63) is 12.2 Å². The molecule has 0 rings (SSSR count). The molecule has 0 aromatic rings. The molecule has 0 saturated carbocycles. The highest BCUT2D eigenvalue weighted by molar-refractivity contribution is 5.80. The topological polar surface area (TPSA) is 78.9 Å². The van der Waals surface area contributed by atoms with Gasteiger partial charge in [-0.3, -0.25) is 14.4 Å². The maximum absolute atomic E-state index is 12.0. The van der Waals surface area contributed by atoms with Crippen LogP contribution >= 0.6 is 0 Å². The Labute approximate surface area is 150 Å². The molecule has 0 aromatic carbocycles. The lowest BCUT2D eigenvalue weighted by molar-refractivity contribution is -0.153. The molecule has 2 atom stereocenters. The van der Waals surface area contributed by atoms with E-state index in [9.17, 15) is 14.4 Å². The van der Waals surface area contributed by atoms with Gasteiger partial charge in [0.05, 0.1) is 33.7 Å². The molecule has 0 aliphatic rings. The number of allylic oxidation sites excluding steroid dienone is 2. The summed E-state index contributed by atoms with van der Waals surface area (Å²) in [6.07, 6.45) is 9.82. The fourth-order valence-corrected chi connectivity index (χ4v) is 2.67. The molecule has 0 aliphatic carbocycles. The Hall–Kier alpha value is -1.85. The molecular weight excluding hydrogens is 324 g/mol. The third kappa shape index (κ3) is 10.6. The van der Waals surface area contributed by atoms with Crippen LogP contribution in [0.1, 0.15) is 58.3 Å². The van der Waals surface area contributed by atoms with Gasteiger partial charge in [-0.2, -0.15) is 0 Å². The summed E-state index contributed by atoms with van der Waals surface area (Å²) in [6.45, 7) is 2.04. The lowest BCUT2D eigenvalue weighted by Gasteiger charge is -2.21. The van der Waals surface area contributed by atoms with Crippen LogP contribution in [0.5, 0.6) is 0 Å². The second-order valence-electron chi connectivity index (χ2n) is 5.97. The number of hydrogen-bond acceptors (Lipinski definition) is 6. The van der Waals surface area contributed by atoms with Crippen LogP contribution in [-0.4, -0.2) is 39.2 Å². The van der Waals surface area contributed by atoms with E-state index in [1.165, 1.54) is 21.3 Å². The number of methoxy groups -OCH3 is 3. The summed E-state index contributed by atoms with van der Waals surface area (Å²) in [5.74, 6) is -1.54. The molecule has 0 aliphatic heterocycles. The highest BCUT2D eigenvalue weighted by atomic mass is 16.5. The van der Waals surface area contributed by atoms with Gasteiger partial charge >= 0.3 is 17.9 Å². The summed E-state index contributed by atoms with van der Waals surface area (Å²) in [5.41, 5.74) is 0. The molecule has 0 spiro atoms. The van der Waals surface area contributed by atoms with Gasteiger partial charge in [0, 0.05) is 6.42 Å². The average molecular weight is 356 g/mol. The van der Waals surface area contributed by atoms with Crippen LogP contribution in [0.25, 0.3) is 0 Å². The maximum atomic E-state index is 12.0. The van der Waals surface area contributed by atoms with Crippen LogP contribution in [-0.2, 0) is 28.6 Å². The van der Waals surface area contributed by atoms with Crippen molar-refractivity contribution in [3.63, 3.8) is 0 Å². The van der Waals surface area contributed by atoms with Crippen molar-refractivity contribution in [1.82, 2.24) is 0 Å². The fraction of sp³-hybridized carbons (Fsp3) is 0.737. The zero-order valence-corrected chi connectivity index (χ0v) is 15.9. The van der Waals surface area contributed by atoms with E-state index in [0.717, 1.165) is 38.5 Å². The molecule has 0 heterocycles. The zero-order valence-electron chi connectivity index (χ0n) is 15.9. The molecule has 0 saturated heterocycles. The standard InChI is InChI=1S/C19H32O6/c1-5-11-15(16(19(22)25-4)14-18(21)24-3)12-9-7-6-8-10-13-17(20)23-2/h9,12,15-16H,5-8,10-11,13-14H2,1-4H3/b12-9+. The molecule has 0 aromatic heterocycles. The molecule has 25 heavy (non-hydrogen) atoms.